The zero-order valence-electron chi connectivity index (χ0n) is 7.79. The predicted molar refractivity (Wildman–Crippen MR) is 56.3 cm³/mol. The van der Waals surface area contributed by atoms with E-state index in [1.54, 1.807) is 25.1 Å². The Morgan fingerprint density at radius 2 is 2.36 bits per heavy atom. The molecule has 0 spiro atoms. The number of aliphatic hydroxyl groups excluding tert-OH is 1. The summed E-state index contributed by atoms with van der Waals surface area (Å²) in [6, 6.07) is 7.02. The van der Waals surface area contributed by atoms with E-state index in [-0.39, 0.29) is 0 Å². The van der Waals surface area contributed by atoms with Crippen molar-refractivity contribution >= 4 is 17.3 Å². The molecule has 14 heavy (non-hydrogen) atoms. The third-order valence-corrected chi connectivity index (χ3v) is 1.93. The van der Waals surface area contributed by atoms with Crippen molar-refractivity contribution in [1.82, 2.24) is 0 Å². The van der Waals surface area contributed by atoms with E-state index in [1.165, 1.54) is 0 Å². The first-order chi connectivity index (χ1) is 6.63. The first-order valence-corrected chi connectivity index (χ1v) is 4.63. The molecule has 0 unspecified atom stereocenters. The summed E-state index contributed by atoms with van der Waals surface area (Å²) in [7, 11) is 0. The molecule has 0 fully saturated rings. The maximum Gasteiger partial charge on any atom is 0.101 e. The Balaban J connectivity index is 2.84. The minimum Gasteiger partial charge on any atom is -0.392 e. The molecule has 0 aliphatic carbocycles. The average molecular weight is 211 g/mol. The SMILES string of the molecule is C[C@H](O)CNc1cc(Cl)ccc1C#N. The smallest absolute Gasteiger partial charge is 0.101 e. The van der Waals surface area contributed by atoms with Gasteiger partial charge in [0, 0.05) is 11.6 Å². The Morgan fingerprint density at radius 1 is 1.64 bits per heavy atom. The van der Waals surface area contributed by atoms with Crippen LogP contribution in [0.15, 0.2) is 18.2 Å². The van der Waals surface area contributed by atoms with Crippen LogP contribution in [0, 0.1) is 11.3 Å². The van der Waals surface area contributed by atoms with Crippen molar-refractivity contribution in [3.05, 3.63) is 28.8 Å². The van der Waals surface area contributed by atoms with E-state index >= 15 is 0 Å². The van der Waals surface area contributed by atoms with Gasteiger partial charge in [0.15, 0.2) is 0 Å². The summed E-state index contributed by atoms with van der Waals surface area (Å²) in [4.78, 5) is 0. The number of rotatable bonds is 3. The van der Waals surface area contributed by atoms with Crippen LogP contribution in [0.5, 0.6) is 0 Å². The summed E-state index contributed by atoms with van der Waals surface area (Å²) in [5.41, 5.74) is 1.18. The average Bonchev–Trinajstić information content (AvgIpc) is 2.15. The van der Waals surface area contributed by atoms with Gasteiger partial charge >= 0.3 is 0 Å². The van der Waals surface area contributed by atoms with E-state index in [9.17, 15) is 0 Å². The van der Waals surface area contributed by atoms with Crippen molar-refractivity contribution in [1.29, 1.82) is 5.26 Å². The lowest BCUT2D eigenvalue weighted by atomic mass is 10.2. The monoisotopic (exact) mass is 210 g/mol. The van der Waals surface area contributed by atoms with Gasteiger partial charge in [0.25, 0.3) is 0 Å². The predicted octanol–water partition coefficient (Wildman–Crippen LogP) is 2.00. The number of nitrogens with one attached hydrogen (secondary N) is 1. The van der Waals surface area contributed by atoms with Gasteiger partial charge < -0.3 is 10.4 Å². The van der Waals surface area contributed by atoms with Crippen LogP contribution in [0.4, 0.5) is 5.69 Å². The summed E-state index contributed by atoms with van der Waals surface area (Å²) in [6.45, 7) is 2.07. The van der Waals surface area contributed by atoms with E-state index in [2.05, 4.69) is 5.32 Å². The number of nitriles is 1. The second kappa shape index (κ2) is 4.85. The van der Waals surface area contributed by atoms with E-state index in [1.807, 2.05) is 6.07 Å². The van der Waals surface area contributed by atoms with Gasteiger partial charge in [-0.1, -0.05) is 11.6 Å². The molecule has 1 aromatic rings. The van der Waals surface area contributed by atoms with E-state index in [0.717, 1.165) is 0 Å². The highest BCUT2D eigenvalue weighted by molar-refractivity contribution is 6.30. The Kier molecular flexibility index (Phi) is 3.75. The van der Waals surface area contributed by atoms with Gasteiger partial charge in [0.05, 0.1) is 17.4 Å². The lowest BCUT2D eigenvalue weighted by molar-refractivity contribution is 0.208. The van der Waals surface area contributed by atoms with Gasteiger partial charge in [0.2, 0.25) is 0 Å². The maximum absolute atomic E-state index is 9.07. The van der Waals surface area contributed by atoms with Crippen LogP contribution < -0.4 is 5.32 Å². The second-order valence-electron chi connectivity index (χ2n) is 3.03. The lowest BCUT2D eigenvalue weighted by Crippen LogP contribution is -2.15. The first kappa shape index (κ1) is 10.8. The summed E-state index contributed by atoms with van der Waals surface area (Å²) >= 11 is 5.78. The Morgan fingerprint density at radius 3 is 2.93 bits per heavy atom. The normalized spacial score (nSPS) is 11.9. The molecule has 0 amide bonds. The van der Waals surface area contributed by atoms with Crippen molar-refractivity contribution in [3.63, 3.8) is 0 Å². The zero-order valence-corrected chi connectivity index (χ0v) is 8.54. The summed E-state index contributed by atoms with van der Waals surface area (Å²) in [5, 5.41) is 21.4. The fourth-order valence-electron chi connectivity index (χ4n) is 1.02. The van der Waals surface area contributed by atoms with Gasteiger partial charge in [-0.05, 0) is 25.1 Å². The van der Waals surface area contributed by atoms with Gasteiger partial charge in [-0.2, -0.15) is 5.26 Å². The molecular weight excluding hydrogens is 200 g/mol. The van der Waals surface area contributed by atoms with Crippen molar-refractivity contribution in [2.45, 2.75) is 13.0 Å². The van der Waals surface area contributed by atoms with Gasteiger partial charge in [-0.25, -0.2) is 0 Å². The van der Waals surface area contributed by atoms with Gasteiger partial charge in [-0.15, -0.1) is 0 Å². The Hall–Kier alpha value is -1.24. The molecule has 0 saturated carbocycles. The number of nitrogens with zero attached hydrogens (tertiary/aromatic N) is 1. The third kappa shape index (κ3) is 2.91. The van der Waals surface area contributed by atoms with E-state index in [0.29, 0.717) is 22.8 Å². The molecule has 1 aromatic carbocycles. The molecule has 3 nitrogen and oxygen atoms in total. The Labute approximate surface area is 87.9 Å². The zero-order chi connectivity index (χ0) is 10.6. The molecule has 74 valence electrons. The highest BCUT2D eigenvalue weighted by Gasteiger charge is 2.03. The minimum atomic E-state index is -0.458. The third-order valence-electron chi connectivity index (χ3n) is 1.69. The molecule has 0 saturated heterocycles. The van der Waals surface area contributed by atoms with E-state index < -0.39 is 6.10 Å². The molecule has 0 radical (unpaired) electrons. The molecule has 1 rings (SSSR count). The van der Waals surface area contributed by atoms with Crippen LogP contribution in [0.3, 0.4) is 0 Å². The van der Waals surface area contributed by atoms with Gasteiger partial charge in [-0.3, -0.25) is 0 Å². The van der Waals surface area contributed by atoms with Crippen LogP contribution in [0.25, 0.3) is 0 Å². The van der Waals surface area contributed by atoms with Gasteiger partial charge in [0.1, 0.15) is 6.07 Å². The van der Waals surface area contributed by atoms with Crippen molar-refractivity contribution in [2.75, 3.05) is 11.9 Å². The molecule has 4 heteroatoms. The molecule has 2 N–H and O–H groups in total. The number of hydrogen-bond acceptors (Lipinski definition) is 3. The topological polar surface area (TPSA) is 56.0 Å². The van der Waals surface area contributed by atoms with Crippen LogP contribution in [-0.4, -0.2) is 17.8 Å². The number of aliphatic hydroxyl groups is 1. The Bertz CT molecular complexity index is 358. The molecule has 0 aliphatic rings. The fourth-order valence-corrected chi connectivity index (χ4v) is 1.19. The number of hydrogen-bond donors (Lipinski definition) is 2. The molecule has 0 bridgehead atoms. The van der Waals surface area contributed by atoms with Crippen LogP contribution >= 0.6 is 11.6 Å². The molecule has 0 aromatic heterocycles. The standard InChI is InChI=1S/C10H11ClN2O/c1-7(14)6-13-10-4-9(11)3-2-8(10)5-12/h2-4,7,13-14H,6H2,1H3/t7-/m0/s1. The minimum absolute atomic E-state index is 0.398. The van der Waals surface area contributed by atoms with Crippen LogP contribution in [0.2, 0.25) is 5.02 Å². The molecule has 1 atom stereocenters. The van der Waals surface area contributed by atoms with Crippen LogP contribution in [-0.2, 0) is 0 Å². The summed E-state index contributed by atoms with van der Waals surface area (Å²) in [6.07, 6.45) is -0.458. The largest absolute Gasteiger partial charge is 0.392 e. The highest BCUT2D eigenvalue weighted by Crippen LogP contribution is 2.20. The quantitative estimate of drug-likeness (QED) is 0.803. The highest BCUT2D eigenvalue weighted by atomic mass is 35.5. The number of anilines is 1. The maximum atomic E-state index is 9.07. The summed E-state index contributed by atoms with van der Waals surface area (Å²) in [5.74, 6) is 0. The number of halogens is 1. The van der Waals surface area contributed by atoms with E-state index in [4.69, 9.17) is 22.0 Å². The lowest BCUT2D eigenvalue weighted by Gasteiger charge is -2.09. The molecular formula is C10H11ClN2O. The van der Waals surface area contributed by atoms with Crippen molar-refractivity contribution < 1.29 is 5.11 Å². The fraction of sp³-hybridized carbons (Fsp3) is 0.300. The summed E-state index contributed by atoms with van der Waals surface area (Å²) < 4.78 is 0. The van der Waals surface area contributed by atoms with Crippen molar-refractivity contribution in [3.8, 4) is 6.07 Å². The first-order valence-electron chi connectivity index (χ1n) is 4.25. The number of benzene rings is 1. The molecule has 0 aliphatic heterocycles. The van der Waals surface area contributed by atoms with Crippen molar-refractivity contribution in [2.24, 2.45) is 0 Å². The molecule has 0 heterocycles. The van der Waals surface area contributed by atoms with Crippen LogP contribution in [0.1, 0.15) is 12.5 Å². The second-order valence-corrected chi connectivity index (χ2v) is 3.47.